The first kappa shape index (κ1) is 13.3. The molecule has 3 nitrogen and oxygen atoms in total. The Kier molecular flexibility index (Phi) is 4.53. The van der Waals surface area contributed by atoms with Crippen LogP contribution in [0.4, 0.5) is 10.5 Å². The van der Waals surface area contributed by atoms with Crippen molar-refractivity contribution in [2.45, 2.75) is 25.8 Å². The highest BCUT2D eigenvalue weighted by Crippen LogP contribution is 2.27. The van der Waals surface area contributed by atoms with Crippen molar-refractivity contribution in [1.82, 2.24) is 4.90 Å². The van der Waals surface area contributed by atoms with Crippen LogP contribution < -0.4 is 4.90 Å². The molecule has 0 fully saturated rings. The van der Waals surface area contributed by atoms with Crippen molar-refractivity contribution in [2.75, 3.05) is 24.2 Å². The van der Waals surface area contributed by atoms with Crippen LogP contribution in [0, 0.1) is 0 Å². The number of amides is 2. The van der Waals surface area contributed by atoms with Gasteiger partial charge in [0.15, 0.2) is 0 Å². The van der Waals surface area contributed by atoms with Crippen molar-refractivity contribution in [3.05, 3.63) is 29.8 Å². The number of hydrogen-bond donors (Lipinski definition) is 1. The molecule has 98 valence electrons. The van der Waals surface area contributed by atoms with Gasteiger partial charge >= 0.3 is 6.03 Å². The smallest absolute Gasteiger partial charge is 0.323 e. The Morgan fingerprint density at radius 2 is 2.00 bits per heavy atom. The van der Waals surface area contributed by atoms with E-state index in [2.05, 4.69) is 18.7 Å². The third-order valence-electron chi connectivity index (χ3n) is 3.29. The zero-order valence-corrected chi connectivity index (χ0v) is 11.7. The molecule has 1 aromatic carbocycles. The second kappa shape index (κ2) is 6.14. The van der Waals surface area contributed by atoms with Crippen LogP contribution in [-0.4, -0.2) is 30.3 Å². The van der Waals surface area contributed by atoms with Crippen molar-refractivity contribution in [3.8, 4) is 0 Å². The summed E-state index contributed by atoms with van der Waals surface area (Å²) in [5.74, 6) is 0.921. The molecule has 0 aromatic heterocycles. The second-order valence-corrected chi connectivity index (χ2v) is 5.15. The maximum atomic E-state index is 12.2. The van der Waals surface area contributed by atoms with E-state index in [9.17, 15) is 4.79 Å². The molecule has 0 spiro atoms. The molecule has 1 heterocycles. The molecular formula is C14H20N2OS. The minimum atomic E-state index is 0.111. The molecule has 1 aromatic rings. The van der Waals surface area contributed by atoms with E-state index in [-0.39, 0.29) is 6.03 Å². The summed E-state index contributed by atoms with van der Waals surface area (Å²) in [7, 11) is 1.86. The van der Waals surface area contributed by atoms with Gasteiger partial charge in [0.05, 0.1) is 5.69 Å². The van der Waals surface area contributed by atoms with Gasteiger partial charge in [-0.3, -0.25) is 4.90 Å². The molecule has 2 amide bonds. The second-order valence-electron chi connectivity index (χ2n) is 4.70. The summed E-state index contributed by atoms with van der Waals surface area (Å²) in [6, 6.07) is 8.27. The summed E-state index contributed by atoms with van der Waals surface area (Å²) < 4.78 is 0. The molecule has 0 unspecified atom stereocenters. The Morgan fingerprint density at radius 3 is 2.78 bits per heavy atom. The maximum absolute atomic E-state index is 12.2. The normalized spacial score (nSPS) is 14.9. The van der Waals surface area contributed by atoms with Gasteiger partial charge in [0.25, 0.3) is 0 Å². The van der Waals surface area contributed by atoms with E-state index in [1.165, 1.54) is 5.56 Å². The van der Waals surface area contributed by atoms with Crippen molar-refractivity contribution in [2.24, 2.45) is 0 Å². The van der Waals surface area contributed by atoms with Crippen molar-refractivity contribution >= 4 is 24.3 Å². The van der Waals surface area contributed by atoms with Crippen LogP contribution in [0.3, 0.4) is 0 Å². The minimum Gasteiger partial charge on any atom is -0.323 e. The lowest BCUT2D eigenvalue weighted by molar-refractivity contribution is 0.210. The standard InChI is InChI=1S/C14H20N2OS/c1-15-11-12-7-3-4-8-13(12)16(14(15)17)9-5-2-6-10-18/h3-4,7-8,18H,2,5-6,9-11H2,1H3. The lowest BCUT2D eigenvalue weighted by Crippen LogP contribution is -2.45. The van der Waals surface area contributed by atoms with Gasteiger partial charge in [-0.15, -0.1) is 0 Å². The number of nitrogens with zero attached hydrogens (tertiary/aromatic N) is 2. The van der Waals surface area contributed by atoms with E-state index < -0.39 is 0 Å². The Hall–Kier alpha value is -1.16. The van der Waals surface area contributed by atoms with Gasteiger partial charge in [0.2, 0.25) is 0 Å². The number of benzene rings is 1. The molecule has 4 heteroatoms. The molecule has 0 saturated carbocycles. The zero-order valence-electron chi connectivity index (χ0n) is 10.8. The minimum absolute atomic E-state index is 0.111. The van der Waals surface area contributed by atoms with Crippen LogP contribution >= 0.6 is 12.6 Å². The van der Waals surface area contributed by atoms with E-state index in [0.717, 1.165) is 37.2 Å². The number of urea groups is 1. The van der Waals surface area contributed by atoms with E-state index >= 15 is 0 Å². The van der Waals surface area contributed by atoms with Gasteiger partial charge in [0.1, 0.15) is 0 Å². The van der Waals surface area contributed by atoms with E-state index in [1.807, 2.05) is 30.1 Å². The molecule has 1 aliphatic heterocycles. The number of thiol groups is 1. The van der Waals surface area contributed by atoms with Gasteiger partial charge < -0.3 is 4.90 Å². The number of carbonyl (C=O) groups excluding carboxylic acids is 1. The molecule has 0 N–H and O–H groups in total. The highest BCUT2D eigenvalue weighted by atomic mass is 32.1. The number of hydrogen-bond acceptors (Lipinski definition) is 2. The Morgan fingerprint density at radius 1 is 1.22 bits per heavy atom. The summed E-state index contributed by atoms with van der Waals surface area (Å²) in [5, 5.41) is 0. The van der Waals surface area contributed by atoms with E-state index in [1.54, 1.807) is 4.90 Å². The monoisotopic (exact) mass is 264 g/mol. The number of unbranched alkanes of at least 4 members (excludes halogenated alkanes) is 2. The zero-order chi connectivity index (χ0) is 13.0. The number of carbonyl (C=O) groups is 1. The van der Waals surface area contributed by atoms with Crippen molar-refractivity contribution in [3.63, 3.8) is 0 Å². The van der Waals surface area contributed by atoms with Crippen LogP contribution in [0.2, 0.25) is 0 Å². The average molecular weight is 264 g/mol. The predicted molar refractivity (Wildman–Crippen MR) is 78.4 cm³/mol. The fraction of sp³-hybridized carbons (Fsp3) is 0.500. The Labute approximate surface area is 114 Å². The summed E-state index contributed by atoms with van der Waals surface area (Å²) in [6.07, 6.45) is 3.27. The molecule has 0 aliphatic carbocycles. The quantitative estimate of drug-likeness (QED) is 0.641. The summed E-state index contributed by atoms with van der Waals surface area (Å²) in [5.41, 5.74) is 2.31. The fourth-order valence-corrected chi connectivity index (χ4v) is 2.54. The molecule has 0 saturated heterocycles. The molecular weight excluding hydrogens is 244 g/mol. The van der Waals surface area contributed by atoms with Crippen LogP contribution in [0.25, 0.3) is 0 Å². The fourth-order valence-electron chi connectivity index (χ4n) is 2.31. The van der Waals surface area contributed by atoms with Crippen molar-refractivity contribution < 1.29 is 4.79 Å². The highest BCUT2D eigenvalue weighted by Gasteiger charge is 2.26. The van der Waals surface area contributed by atoms with Gasteiger partial charge in [-0.1, -0.05) is 24.6 Å². The molecule has 0 atom stereocenters. The van der Waals surface area contributed by atoms with Gasteiger partial charge in [-0.2, -0.15) is 12.6 Å². The highest BCUT2D eigenvalue weighted by molar-refractivity contribution is 7.80. The lowest BCUT2D eigenvalue weighted by atomic mass is 10.1. The van der Waals surface area contributed by atoms with Crippen molar-refractivity contribution in [1.29, 1.82) is 0 Å². The molecule has 18 heavy (non-hydrogen) atoms. The summed E-state index contributed by atoms with van der Waals surface area (Å²) in [6.45, 7) is 1.51. The third kappa shape index (κ3) is 2.80. The maximum Gasteiger partial charge on any atom is 0.324 e. The van der Waals surface area contributed by atoms with Crippen LogP contribution in [0.5, 0.6) is 0 Å². The van der Waals surface area contributed by atoms with Crippen LogP contribution in [0.1, 0.15) is 24.8 Å². The van der Waals surface area contributed by atoms with Crippen LogP contribution in [0.15, 0.2) is 24.3 Å². The average Bonchev–Trinajstić information content (AvgIpc) is 2.38. The van der Waals surface area contributed by atoms with E-state index in [4.69, 9.17) is 0 Å². The Balaban J connectivity index is 2.09. The molecule has 2 rings (SSSR count). The SMILES string of the molecule is CN1Cc2ccccc2N(CCCCCS)C1=O. The first-order chi connectivity index (χ1) is 8.74. The number of para-hydroxylation sites is 1. The number of fused-ring (bicyclic) bond motifs is 1. The summed E-state index contributed by atoms with van der Waals surface area (Å²) >= 11 is 4.21. The summed E-state index contributed by atoms with van der Waals surface area (Å²) in [4.78, 5) is 15.9. The molecule has 0 bridgehead atoms. The first-order valence-corrected chi connectivity index (χ1v) is 7.08. The largest absolute Gasteiger partial charge is 0.324 e. The Bertz CT molecular complexity index is 422. The number of rotatable bonds is 5. The first-order valence-electron chi connectivity index (χ1n) is 6.45. The van der Waals surface area contributed by atoms with Gasteiger partial charge in [-0.25, -0.2) is 4.79 Å². The number of anilines is 1. The van der Waals surface area contributed by atoms with Gasteiger partial charge in [0, 0.05) is 20.1 Å². The predicted octanol–water partition coefficient (Wildman–Crippen LogP) is 3.16. The third-order valence-corrected chi connectivity index (χ3v) is 3.60. The molecule has 0 radical (unpaired) electrons. The lowest BCUT2D eigenvalue weighted by Gasteiger charge is -2.35. The molecule has 1 aliphatic rings. The topological polar surface area (TPSA) is 23.6 Å². The van der Waals surface area contributed by atoms with Crippen LogP contribution in [-0.2, 0) is 6.54 Å². The van der Waals surface area contributed by atoms with Gasteiger partial charge in [-0.05, 0) is 30.2 Å². The van der Waals surface area contributed by atoms with E-state index in [0.29, 0.717) is 6.54 Å².